The summed E-state index contributed by atoms with van der Waals surface area (Å²) in [5.74, 6) is 0.898. The van der Waals surface area contributed by atoms with Crippen LogP contribution in [-0.4, -0.2) is 14.8 Å². The summed E-state index contributed by atoms with van der Waals surface area (Å²) in [5, 5.41) is 8.03. The van der Waals surface area contributed by atoms with Gasteiger partial charge < -0.3 is 10.3 Å². The molecule has 1 aromatic heterocycles. The Morgan fingerprint density at radius 3 is 2.87 bits per heavy atom. The lowest BCUT2D eigenvalue weighted by atomic mass is 10.1. The fourth-order valence-electron chi connectivity index (χ4n) is 1.63. The first-order chi connectivity index (χ1) is 7.22. The molecular weight excluding hydrogens is 188 g/mol. The molecule has 1 aromatic carbocycles. The first-order valence-corrected chi connectivity index (χ1v) is 4.96. The van der Waals surface area contributed by atoms with E-state index in [-0.39, 0.29) is 0 Å². The lowest BCUT2D eigenvalue weighted by molar-refractivity contribution is 0.766. The third-order valence-electron chi connectivity index (χ3n) is 2.45. The highest BCUT2D eigenvalue weighted by atomic mass is 15.3. The van der Waals surface area contributed by atoms with Crippen molar-refractivity contribution in [2.75, 3.05) is 5.73 Å². The maximum atomic E-state index is 5.71. The Labute approximate surface area is 88.8 Å². The molecule has 4 nitrogen and oxygen atoms in total. The van der Waals surface area contributed by atoms with Crippen LogP contribution in [0.5, 0.6) is 0 Å². The Hall–Kier alpha value is -1.84. The van der Waals surface area contributed by atoms with Gasteiger partial charge in [0, 0.05) is 17.8 Å². The molecule has 0 bridgehead atoms. The van der Waals surface area contributed by atoms with Crippen LogP contribution < -0.4 is 5.73 Å². The Morgan fingerprint density at radius 2 is 2.20 bits per heavy atom. The van der Waals surface area contributed by atoms with E-state index >= 15 is 0 Å². The van der Waals surface area contributed by atoms with Crippen LogP contribution in [0.1, 0.15) is 12.5 Å². The summed E-state index contributed by atoms with van der Waals surface area (Å²) in [6, 6.07) is 5.82. The van der Waals surface area contributed by atoms with E-state index in [1.54, 1.807) is 6.33 Å². The molecule has 0 fully saturated rings. The zero-order valence-electron chi connectivity index (χ0n) is 8.94. The SMILES string of the molecule is CCn1cnnc1-c1ccc(N)cc1C. The van der Waals surface area contributed by atoms with Gasteiger partial charge in [0.05, 0.1) is 0 Å². The largest absolute Gasteiger partial charge is 0.399 e. The molecule has 0 saturated heterocycles. The zero-order valence-corrected chi connectivity index (χ0v) is 8.94. The molecule has 0 amide bonds. The molecule has 0 spiro atoms. The molecular formula is C11H14N4. The van der Waals surface area contributed by atoms with Gasteiger partial charge in [0.1, 0.15) is 6.33 Å². The molecule has 0 aliphatic heterocycles. The molecule has 0 saturated carbocycles. The second-order valence-electron chi connectivity index (χ2n) is 3.51. The molecule has 0 unspecified atom stereocenters. The molecule has 2 rings (SSSR count). The van der Waals surface area contributed by atoms with E-state index in [0.29, 0.717) is 0 Å². The highest BCUT2D eigenvalue weighted by Gasteiger charge is 2.08. The highest BCUT2D eigenvalue weighted by Crippen LogP contribution is 2.22. The zero-order chi connectivity index (χ0) is 10.8. The number of aryl methyl sites for hydroxylation is 2. The molecule has 0 atom stereocenters. The molecule has 2 N–H and O–H groups in total. The Balaban J connectivity index is 2.54. The summed E-state index contributed by atoms with van der Waals surface area (Å²) in [6.07, 6.45) is 1.74. The van der Waals surface area contributed by atoms with E-state index in [1.807, 2.05) is 29.7 Å². The van der Waals surface area contributed by atoms with E-state index in [1.165, 1.54) is 0 Å². The maximum Gasteiger partial charge on any atom is 0.163 e. The van der Waals surface area contributed by atoms with E-state index in [4.69, 9.17) is 5.73 Å². The van der Waals surface area contributed by atoms with Crippen LogP contribution in [0.15, 0.2) is 24.5 Å². The van der Waals surface area contributed by atoms with Crippen molar-refractivity contribution >= 4 is 5.69 Å². The summed E-state index contributed by atoms with van der Waals surface area (Å²) >= 11 is 0. The van der Waals surface area contributed by atoms with Gasteiger partial charge in [0.25, 0.3) is 0 Å². The van der Waals surface area contributed by atoms with Gasteiger partial charge in [0.15, 0.2) is 5.82 Å². The van der Waals surface area contributed by atoms with Crippen LogP contribution in [0, 0.1) is 6.92 Å². The summed E-state index contributed by atoms with van der Waals surface area (Å²) in [4.78, 5) is 0. The third-order valence-corrected chi connectivity index (χ3v) is 2.45. The summed E-state index contributed by atoms with van der Waals surface area (Å²) in [5.41, 5.74) is 8.69. The van der Waals surface area contributed by atoms with Gasteiger partial charge in [-0.25, -0.2) is 0 Å². The predicted octanol–water partition coefficient (Wildman–Crippen LogP) is 1.86. The van der Waals surface area contributed by atoms with Crippen LogP contribution in [0.3, 0.4) is 0 Å². The van der Waals surface area contributed by atoms with E-state index in [0.717, 1.165) is 29.2 Å². The fraction of sp³-hybridized carbons (Fsp3) is 0.273. The normalized spacial score (nSPS) is 10.5. The average Bonchev–Trinajstić information content (AvgIpc) is 2.65. The van der Waals surface area contributed by atoms with Gasteiger partial charge in [-0.05, 0) is 37.6 Å². The number of nitrogens with zero attached hydrogens (tertiary/aromatic N) is 3. The van der Waals surface area contributed by atoms with Crippen molar-refractivity contribution in [2.45, 2.75) is 20.4 Å². The molecule has 4 heteroatoms. The standard InChI is InChI=1S/C11H14N4/c1-3-15-7-13-14-11(15)10-5-4-9(12)6-8(10)2/h4-7H,3,12H2,1-2H3. The first-order valence-electron chi connectivity index (χ1n) is 4.96. The van der Waals surface area contributed by atoms with Gasteiger partial charge >= 0.3 is 0 Å². The van der Waals surface area contributed by atoms with Crippen LogP contribution in [0.2, 0.25) is 0 Å². The number of nitrogen functional groups attached to an aromatic ring is 1. The van der Waals surface area contributed by atoms with Gasteiger partial charge in [-0.15, -0.1) is 10.2 Å². The molecule has 2 aromatic rings. The smallest absolute Gasteiger partial charge is 0.163 e. The Bertz CT molecular complexity index is 473. The van der Waals surface area contributed by atoms with Crippen LogP contribution in [0.4, 0.5) is 5.69 Å². The van der Waals surface area contributed by atoms with Crippen molar-refractivity contribution in [3.63, 3.8) is 0 Å². The molecule has 78 valence electrons. The van der Waals surface area contributed by atoms with E-state index in [9.17, 15) is 0 Å². The van der Waals surface area contributed by atoms with E-state index in [2.05, 4.69) is 17.1 Å². The van der Waals surface area contributed by atoms with Crippen molar-refractivity contribution in [3.05, 3.63) is 30.1 Å². The maximum absolute atomic E-state index is 5.71. The number of benzene rings is 1. The number of rotatable bonds is 2. The van der Waals surface area contributed by atoms with Gasteiger partial charge in [0.2, 0.25) is 0 Å². The fourth-order valence-corrected chi connectivity index (χ4v) is 1.63. The Kier molecular flexibility index (Phi) is 2.41. The summed E-state index contributed by atoms with van der Waals surface area (Å²) < 4.78 is 2.01. The average molecular weight is 202 g/mol. The second-order valence-corrected chi connectivity index (χ2v) is 3.51. The van der Waals surface area contributed by atoms with Crippen molar-refractivity contribution < 1.29 is 0 Å². The van der Waals surface area contributed by atoms with Gasteiger partial charge in [-0.1, -0.05) is 0 Å². The summed E-state index contributed by atoms with van der Waals surface area (Å²) in [7, 11) is 0. The second kappa shape index (κ2) is 3.73. The molecule has 1 heterocycles. The Morgan fingerprint density at radius 1 is 1.40 bits per heavy atom. The van der Waals surface area contributed by atoms with Crippen molar-refractivity contribution in [1.82, 2.24) is 14.8 Å². The number of anilines is 1. The lowest BCUT2D eigenvalue weighted by Gasteiger charge is -2.07. The highest BCUT2D eigenvalue weighted by molar-refractivity contribution is 5.63. The number of hydrogen-bond donors (Lipinski definition) is 1. The van der Waals surface area contributed by atoms with Crippen LogP contribution in [0.25, 0.3) is 11.4 Å². The van der Waals surface area contributed by atoms with E-state index < -0.39 is 0 Å². The topological polar surface area (TPSA) is 56.7 Å². The minimum Gasteiger partial charge on any atom is -0.399 e. The predicted molar refractivity (Wildman–Crippen MR) is 60.3 cm³/mol. The quantitative estimate of drug-likeness (QED) is 0.756. The number of aromatic nitrogens is 3. The minimum atomic E-state index is 0.777. The molecule has 0 radical (unpaired) electrons. The molecule has 0 aliphatic rings. The summed E-state index contributed by atoms with van der Waals surface area (Å²) in [6.45, 7) is 4.96. The van der Waals surface area contributed by atoms with Gasteiger partial charge in [-0.2, -0.15) is 0 Å². The number of hydrogen-bond acceptors (Lipinski definition) is 3. The van der Waals surface area contributed by atoms with Crippen molar-refractivity contribution in [2.24, 2.45) is 0 Å². The molecule has 0 aliphatic carbocycles. The first kappa shape index (κ1) is 9.71. The lowest BCUT2D eigenvalue weighted by Crippen LogP contribution is -1.98. The molecule has 15 heavy (non-hydrogen) atoms. The monoisotopic (exact) mass is 202 g/mol. The van der Waals surface area contributed by atoms with Crippen molar-refractivity contribution in [3.8, 4) is 11.4 Å². The van der Waals surface area contributed by atoms with Crippen LogP contribution >= 0.6 is 0 Å². The van der Waals surface area contributed by atoms with Crippen molar-refractivity contribution in [1.29, 1.82) is 0 Å². The minimum absolute atomic E-state index is 0.777. The third kappa shape index (κ3) is 1.70. The van der Waals surface area contributed by atoms with Gasteiger partial charge in [-0.3, -0.25) is 0 Å². The number of nitrogens with two attached hydrogens (primary N) is 1. The van der Waals surface area contributed by atoms with Crippen LogP contribution in [-0.2, 0) is 6.54 Å².